The van der Waals surface area contributed by atoms with E-state index in [-0.39, 0.29) is 17.6 Å². The Kier molecular flexibility index (Phi) is 6.49. The number of amides is 1. The number of hydrogen-bond donors (Lipinski definition) is 1. The summed E-state index contributed by atoms with van der Waals surface area (Å²) in [4.78, 5) is 12.7. The van der Waals surface area contributed by atoms with Crippen LogP contribution in [0, 0.1) is 5.82 Å². The van der Waals surface area contributed by atoms with Gasteiger partial charge >= 0.3 is 0 Å². The zero-order chi connectivity index (χ0) is 20.8. The fourth-order valence-electron chi connectivity index (χ4n) is 3.04. The first-order chi connectivity index (χ1) is 14.0. The molecule has 1 aromatic heterocycles. The van der Waals surface area contributed by atoms with Gasteiger partial charge < -0.3 is 14.8 Å². The fourth-order valence-corrected chi connectivity index (χ4v) is 3.04. The Balaban J connectivity index is 1.67. The molecule has 2 aromatic carbocycles. The predicted molar refractivity (Wildman–Crippen MR) is 108 cm³/mol. The molecular formula is C22H24FN3O3. The quantitative estimate of drug-likeness (QED) is 0.585. The van der Waals surface area contributed by atoms with Gasteiger partial charge in [0.2, 0.25) is 0 Å². The molecule has 7 heteroatoms. The molecule has 1 amide bonds. The van der Waals surface area contributed by atoms with Crippen molar-refractivity contribution >= 4 is 5.91 Å². The molecule has 0 fully saturated rings. The molecule has 0 saturated heterocycles. The van der Waals surface area contributed by atoms with Crippen molar-refractivity contribution in [1.29, 1.82) is 0 Å². The summed E-state index contributed by atoms with van der Waals surface area (Å²) in [7, 11) is 1.58. The largest absolute Gasteiger partial charge is 0.493 e. The summed E-state index contributed by atoms with van der Waals surface area (Å²) < 4.78 is 25.8. The highest BCUT2D eigenvalue weighted by Crippen LogP contribution is 2.26. The van der Waals surface area contributed by atoms with Crippen molar-refractivity contribution in [3.05, 3.63) is 71.8 Å². The first-order valence-electron chi connectivity index (χ1n) is 9.39. The number of para-hydroxylation sites is 2. The Bertz CT molecular complexity index is 968. The van der Waals surface area contributed by atoms with E-state index in [1.54, 1.807) is 23.9 Å². The third-order valence-electron chi connectivity index (χ3n) is 4.38. The van der Waals surface area contributed by atoms with Crippen LogP contribution in [0.5, 0.6) is 11.5 Å². The first-order valence-corrected chi connectivity index (χ1v) is 9.39. The normalized spacial score (nSPS) is 10.8. The lowest BCUT2D eigenvalue weighted by Crippen LogP contribution is -2.29. The Morgan fingerprint density at radius 2 is 1.83 bits per heavy atom. The van der Waals surface area contributed by atoms with Crippen LogP contribution >= 0.6 is 0 Å². The van der Waals surface area contributed by atoms with Crippen molar-refractivity contribution in [3.63, 3.8) is 0 Å². The number of carbonyl (C=O) groups is 1. The van der Waals surface area contributed by atoms with Gasteiger partial charge in [-0.3, -0.25) is 4.79 Å². The molecule has 0 aliphatic heterocycles. The van der Waals surface area contributed by atoms with E-state index >= 15 is 0 Å². The third-order valence-corrected chi connectivity index (χ3v) is 4.38. The molecular weight excluding hydrogens is 373 g/mol. The molecule has 0 radical (unpaired) electrons. The van der Waals surface area contributed by atoms with Gasteiger partial charge in [0.1, 0.15) is 12.4 Å². The zero-order valence-corrected chi connectivity index (χ0v) is 16.7. The van der Waals surface area contributed by atoms with E-state index < -0.39 is 0 Å². The van der Waals surface area contributed by atoms with Crippen molar-refractivity contribution in [3.8, 4) is 17.2 Å². The lowest BCUT2D eigenvalue weighted by atomic mass is 10.1. The standard InChI is InChI=1S/C22H24FN3O3/c1-15(2)21-18(14-25-26(21)17-10-8-16(23)9-11-17)22(27)24-12-13-29-20-7-5-4-6-19(20)28-3/h4-11,14-15H,12-13H2,1-3H3,(H,24,27). The summed E-state index contributed by atoms with van der Waals surface area (Å²) in [5.74, 6) is 0.761. The zero-order valence-electron chi connectivity index (χ0n) is 16.7. The number of nitrogens with zero attached hydrogens (tertiary/aromatic N) is 2. The van der Waals surface area contributed by atoms with Crippen LogP contribution < -0.4 is 14.8 Å². The fraction of sp³-hybridized carbons (Fsp3) is 0.273. The lowest BCUT2D eigenvalue weighted by Gasteiger charge is -2.13. The van der Waals surface area contributed by atoms with Crippen LogP contribution in [0.2, 0.25) is 0 Å². The maximum absolute atomic E-state index is 13.2. The van der Waals surface area contributed by atoms with Crippen LogP contribution in [0.4, 0.5) is 4.39 Å². The average Bonchev–Trinajstić information content (AvgIpc) is 3.17. The second kappa shape index (κ2) is 9.23. The molecule has 3 rings (SSSR count). The molecule has 3 aromatic rings. The monoisotopic (exact) mass is 397 g/mol. The number of benzene rings is 2. The molecule has 0 saturated carbocycles. The van der Waals surface area contributed by atoms with Gasteiger partial charge in [-0.2, -0.15) is 5.10 Å². The van der Waals surface area contributed by atoms with Crippen LogP contribution in [0.3, 0.4) is 0 Å². The Morgan fingerprint density at radius 1 is 1.14 bits per heavy atom. The number of carbonyl (C=O) groups excluding carboxylic acids is 1. The van der Waals surface area contributed by atoms with Crippen molar-refractivity contribution in [2.75, 3.05) is 20.3 Å². The van der Waals surface area contributed by atoms with E-state index in [0.29, 0.717) is 35.9 Å². The third kappa shape index (κ3) is 4.74. The molecule has 152 valence electrons. The number of methoxy groups -OCH3 is 1. The van der Waals surface area contributed by atoms with Crippen molar-refractivity contribution in [1.82, 2.24) is 15.1 Å². The average molecular weight is 397 g/mol. The number of hydrogen-bond acceptors (Lipinski definition) is 4. The SMILES string of the molecule is COc1ccccc1OCCNC(=O)c1cnn(-c2ccc(F)cc2)c1C(C)C. The van der Waals surface area contributed by atoms with Crippen molar-refractivity contribution in [2.24, 2.45) is 0 Å². The van der Waals surface area contributed by atoms with Crippen LogP contribution in [0.15, 0.2) is 54.7 Å². The van der Waals surface area contributed by atoms with E-state index in [1.807, 2.05) is 38.1 Å². The predicted octanol–water partition coefficient (Wildman–Crippen LogP) is 3.95. The summed E-state index contributed by atoms with van der Waals surface area (Å²) in [5.41, 5.74) is 1.95. The van der Waals surface area contributed by atoms with Crippen LogP contribution in [-0.2, 0) is 0 Å². The molecule has 6 nitrogen and oxygen atoms in total. The second-order valence-corrected chi connectivity index (χ2v) is 6.74. The number of halogens is 1. The number of nitrogens with one attached hydrogen (secondary N) is 1. The second-order valence-electron chi connectivity index (χ2n) is 6.74. The van der Waals surface area contributed by atoms with Gasteiger partial charge in [-0.05, 0) is 42.3 Å². The molecule has 0 unspecified atom stereocenters. The van der Waals surface area contributed by atoms with Gasteiger partial charge in [-0.15, -0.1) is 0 Å². The van der Waals surface area contributed by atoms with E-state index in [0.717, 1.165) is 5.69 Å². The first kappa shape index (κ1) is 20.4. The van der Waals surface area contributed by atoms with E-state index in [4.69, 9.17) is 9.47 Å². The minimum atomic E-state index is -0.319. The van der Waals surface area contributed by atoms with E-state index in [9.17, 15) is 9.18 Å². The number of ether oxygens (including phenoxy) is 2. The molecule has 1 heterocycles. The molecule has 1 N–H and O–H groups in total. The molecule has 0 aliphatic rings. The molecule has 0 atom stereocenters. The van der Waals surface area contributed by atoms with Gasteiger partial charge in [0.15, 0.2) is 11.5 Å². The minimum absolute atomic E-state index is 0.0492. The van der Waals surface area contributed by atoms with Crippen LogP contribution in [-0.4, -0.2) is 35.9 Å². The van der Waals surface area contributed by atoms with E-state index in [1.165, 1.54) is 18.3 Å². The maximum Gasteiger partial charge on any atom is 0.254 e. The minimum Gasteiger partial charge on any atom is -0.493 e. The molecule has 0 aliphatic carbocycles. The van der Waals surface area contributed by atoms with Gasteiger partial charge in [0, 0.05) is 0 Å². The van der Waals surface area contributed by atoms with Gasteiger partial charge in [-0.1, -0.05) is 26.0 Å². The van der Waals surface area contributed by atoms with Gasteiger partial charge in [0.25, 0.3) is 5.91 Å². The Hall–Kier alpha value is -3.35. The topological polar surface area (TPSA) is 65.4 Å². The van der Waals surface area contributed by atoms with Crippen LogP contribution in [0.1, 0.15) is 35.8 Å². The van der Waals surface area contributed by atoms with Crippen molar-refractivity contribution < 1.29 is 18.7 Å². The molecule has 29 heavy (non-hydrogen) atoms. The molecule has 0 spiro atoms. The highest BCUT2D eigenvalue weighted by atomic mass is 19.1. The number of aromatic nitrogens is 2. The highest BCUT2D eigenvalue weighted by molar-refractivity contribution is 5.95. The summed E-state index contributed by atoms with van der Waals surface area (Å²) in [5, 5.41) is 7.20. The summed E-state index contributed by atoms with van der Waals surface area (Å²) >= 11 is 0. The number of rotatable bonds is 8. The highest BCUT2D eigenvalue weighted by Gasteiger charge is 2.20. The van der Waals surface area contributed by atoms with Crippen molar-refractivity contribution in [2.45, 2.75) is 19.8 Å². The summed E-state index contributed by atoms with van der Waals surface area (Å²) in [6.45, 7) is 4.60. The summed E-state index contributed by atoms with van der Waals surface area (Å²) in [6, 6.07) is 13.4. The van der Waals surface area contributed by atoms with Crippen LogP contribution in [0.25, 0.3) is 5.69 Å². The smallest absolute Gasteiger partial charge is 0.254 e. The molecule has 0 bridgehead atoms. The Morgan fingerprint density at radius 3 is 2.48 bits per heavy atom. The van der Waals surface area contributed by atoms with Gasteiger partial charge in [0.05, 0.1) is 36.8 Å². The summed E-state index contributed by atoms with van der Waals surface area (Å²) in [6.07, 6.45) is 1.54. The van der Waals surface area contributed by atoms with Gasteiger partial charge in [-0.25, -0.2) is 9.07 Å². The van der Waals surface area contributed by atoms with E-state index in [2.05, 4.69) is 10.4 Å². The lowest BCUT2D eigenvalue weighted by molar-refractivity contribution is 0.0945. The Labute approximate surface area is 169 Å². The maximum atomic E-state index is 13.2.